The van der Waals surface area contributed by atoms with Crippen molar-refractivity contribution in [2.24, 2.45) is 0 Å². The molecule has 1 aromatic carbocycles. The molecule has 5 N–H and O–H groups in total. The third-order valence-electron chi connectivity index (χ3n) is 5.01. The van der Waals surface area contributed by atoms with Gasteiger partial charge in [-0.25, -0.2) is 13.8 Å². The standard InChI is InChI=1S/C22H16F2N10O/c23-12-4-11(7-25)18-15(6-12)21(35)34(14-5-13(24)9-29-10-14)17(31-18)2-1-3-30-20-16(8-26)19(27)32-22(28)33-20/h4-6,9-10H,1-3H2,(H5,27,28,30,32,33). The molecule has 0 radical (unpaired) electrons. The fourth-order valence-electron chi connectivity index (χ4n) is 3.53. The second-order valence-electron chi connectivity index (χ2n) is 7.32. The average Bonchev–Trinajstić information content (AvgIpc) is 2.81. The summed E-state index contributed by atoms with van der Waals surface area (Å²) in [5, 5.41) is 21.5. The van der Waals surface area contributed by atoms with Crippen LogP contribution in [-0.2, 0) is 6.42 Å². The number of nitrogens with one attached hydrogen (secondary N) is 1. The number of hydrogen-bond donors (Lipinski definition) is 3. The molecule has 0 atom stereocenters. The van der Waals surface area contributed by atoms with Crippen LogP contribution >= 0.6 is 0 Å². The Kier molecular flexibility index (Phi) is 6.16. The molecule has 11 nitrogen and oxygen atoms in total. The molecule has 35 heavy (non-hydrogen) atoms. The Hall–Kier alpha value is -5.17. The lowest BCUT2D eigenvalue weighted by Crippen LogP contribution is -2.25. The number of fused-ring (bicyclic) bond motifs is 1. The van der Waals surface area contributed by atoms with Gasteiger partial charge >= 0.3 is 0 Å². The van der Waals surface area contributed by atoms with E-state index in [1.54, 1.807) is 0 Å². The van der Waals surface area contributed by atoms with Gasteiger partial charge in [-0.1, -0.05) is 0 Å². The van der Waals surface area contributed by atoms with Crippen molar-refractivity contribution in [1.82, 2.24) is 24.5 Å². The SMILES string of the molecule is N#Cc1c(N)nc(N)nc1NCCCc1nc2c(C#N)cc(F)cc2c(=O)n1-c1cncc(F)c1. The number of rotatable bonds is 6. The van der Waals surface area contributed by atoms with Crippen LogP contribution in [0.4, 0.5) is 26.4 Å². The summed E-state index contributed by atoms with van der Waals surface area (Å²) in [6, 6.07) is 6.81. The Morgan fingerprint density at radius 2 is 1.83 bits per heavy atom. The molecule has 13 heteroatoms. The summed E-state index contributed by atoms with van der Waals surface area (Å²) in [5.74, 6) is -1.28. The van der Waals surface area contributed by atoms with Crippen LogP contribution in [0.3, 0.4) is 0 Å². The predicted molar refractivity (Wildman–Crippen MR) is 122 cm³/mol. The Morgan fingerprint density at radius 3 is 2.54 bits per heavy atom. The second-order valence-corrected chi connectivity index (χ2v) is 7.32. The molecule has 174 valence electrons. The smallest absolute Gasteiger partial charge is 0.266 e. The highest BCUT2D eigenvalue weighted by Crippen LogP contribution is 2.20. The summed E-state index contributed by atoms with van der Waals surface area (Å²) >= 11 is 0. The van der Waals surface area contributed by atoms with Gasteiger partial charge in [-0.3, -0.25) is 14.3 Å². The highest BCUT2D eigenvalue weighted by atomic mass is 19.1. The van der Waals surface area contributed by atoms with Crippen LogP contribution in [0, 0.1) is 34.3 Å². The molecule has 0 aliphatic heterocycles. The maximum atomic E-state index is 14.0. The van der Waals surface area contributed by atoms with E-state index in [0.29, 0.717) is 6.42 Å². The summed E-state index contributed by atoms with van der Waals surface area (Å²) in [4.78, 5) is 29.2. The number of hydrogen-bond acceptors (Lipinski definition) is 10. The number of benzene rings is 1. The van der Waals surface area contributed by atoms with Crippen molar-refractivity contribution in [3.63, 3.8) is 0 Å². The van der Waals surface area contributed by atoms with Gasteiger partial charge in [0.2, 0.25) is 5.95 Å². The predicted octanol–water partition coefficient (Wildman–Crippen LogP) is 1.80. The Morgan fingerprint density at radius 1 is 1.03 bits per heavy atom. The largest absolute Gasteiger partial charge is 0.382 e. The first kappa shape index (κ1) is 23.0. The zero-order chi connectivity index (χ0) is 25.1. The van der Waals surface area contributed by atoms with Crippen molar-refractivity contribution in [3.8, 4) is 17.8 Å². The van der Waals surface area contributed by atoms with Gasteiger partial charge < -0.3 is 16.8 Å². The molecule has 0 spiro atoms. The van der Waals surface area contributed by atoms with Gasteiger partial charge in [0, 0.05) is 19.0 Å². The number of anilines is 3. The minimum atomic E-state index is -0.773. The van der Waals surface area contributed by atoms with Crippen LogP contribution < -0.4 is 22.3 Å². The fourth-order valence-corrected chi connectivity index (χ4v) is 3.53. The highest BCUT2D eigenvalue weighted by Gasteiger charge is 2.17. The summed E-state index contributed by atoms with van der Waals surface area (Å²) in [7, 11) is 0. The van der Waals surface area contributed by atoms with E-state index in [1.807, 2.05) is 12.1 Å². The molecule has 0 saturated heterocycles. The molecule has 3 heterocycles. The van der Waals surface area contributed by atoms with Crippen LogP contribution in [0.15, 0.2) is 35.4 Å². The van der Waals surface area contributed by atoms with Crippen LogP contribution in [0.1, 0.15) is 23.4 Å². The lowest BCUT2D eigenvalue weighted by molar-refractivity contribution is 0.618. The molecular formula is C22H16F2N10O. The van der Waals surface area contributed by atoms with Crippen LogP contribution in [-0.4, -0.2) is 31.0 Å². The molecule has 0 aliphatic carbocycles. The maximum Gasteiger partial charge on any atom is 0.266 e. The van der Waals surface area contributed by atoms with Crippen molar-refractivity contribution in [2.75, 3.05) is 23.3 Å². The molecular weight excluding hydrogens is 458 g/mol. The second kappa shape index (κ2) is 9.36. The fraction of sp³-hybridized carbons (Fsp3) is 0.136. The Bertz CT molecular complexity index is 1600. The number of nitrogen functional groups attached to an aromatic ring is 2. The molecule has 0 aliphatic rings. The van der Waals surface area contributed by atoms with E-state index in [4.69, 9.17) is 11.5 Å². The quantitative estimate of drug-likeness (QED) is 0.348. The number of nitrogens with two attached hydrogens (primary N) is 2. The zero-order valence-corrected chi connectivity index (χ0v) is 18.0. The van der Waals surface area contributed by atoms with Gasteiger partial charge in [0.25, 0.3) is 5.56 Å². The molecule has 4 aromatic rings. The maximum absolute atomic E-state index is 14.0. The number of pyridine rings is 1. The van der Waals surface area contributed by atoms with Gasteiger partial charge in [0.05, 0.1) is 34.5 Å². The Balaban J connectivity index is 1.72. The summed E-state index contributed by atoms with van der Waals surface area (Å²) in [5.41, 5.74) is 10.7. The van der Waals surface area contributed by atoms with Crippen LogP contribution in [0.2, 0.25) is 0 Å². The topological polar surface area (TPSA) is 185 Å². The van der Waals surface area contributed by atoms with Crippen molar-refractivity contribution >= 4 is 28.5 Å². The molecule has 3 aromatic heterocycles. The number of aromatic nitrogens is 5. The average molecular weight is 474 g/mol. The van der Waals surface area contributed by atoms with Crippen molar-refractivity contribution in [3.05, 3.63) is 69.5 Å². The van der Waals surface area contributed by atoms with Crippen LogP contribution in [0.25, 0.3) is 16.6 Å². The molecule has 0 saturated carbocycles. The number of nitriles is 2. The lowest BCUT2D eigenvalue weighted by Gasteiger charge is -2.15. The van der Waals surface area contributed by atoms with Gasteiger partial charge in [-0.2, -0.15) is 20.5 Å². The molecule has 4 rings (SSSR count). The van der Waals surface area contributed by atoms with E-state index < -0.39 is 17.2 Å². The number of aryl methyl sites for hydroxylation is 1. The van der Waals surface area contributed by atoms with Crippen molar-refractivity contribution in [1.29, 1.82) is 10.5 Å². The van der Waals surface area contributed by atoms with E-state index in [-0.39, 0.29) is 64.1 Å². The van der Waals surface area contributed by atoms with Gasteiger partial charge in [-0.05, 0) is 18.6 Å². The van der Waals surface area contributed by atoms with Gasteiger partial charge in [0.15, 0.2) is 5.82 Å². The lowest BCUT2D eigenvalue weighted by atomic mass is 10.1. The normalized spacial score (nSPS) is 10.6. The van der Waals surface area contributed by atoms with Gasteiger partial charge in [0.1, 0.15) is 41.0 Å². The minimum absolute atomic E-state index is 0.0329. The van der Waals surface area contributed by atoms with Crippen molar-refractivity contribution < 1.29 is 8.78 Å². The summed E-state index contributed by atoms with van der Waals surface area (Å²) in [6.07, 6.45) is 2.79. The minimum Gasteiger partial charge on any atom is -0.382 e. The summed E-state index contributed by atoms with van der Waals surface area (Å²) < 4.78 is 29.0. The van der Waals surface area contributed by atoms with E-state index in [2.05, 4.69) is 25.3 Å². The van der Waals surface area contributed by atoms with Gasteiger partial charge in [-0.15, -0.1) is 0 Å². The third kappa shape index (κ3) is 4.51. The first-order chi connectivity index (χ1) is 16.8. The molecule has 0 bridgehead atoms. The van der Waals surface area contributed by atoms with E-state index in [0.717, 1.165) is 29.0 Å². The molecule has 0 fully saturated rings. The zero-order valence-electron chi connectivity index (χ0n) is 18.0. The third-order valence-corrected chi connectivity index (χ3v) is 5.01. The first-order valence-electron chi connectivity index (χ1n) is 10.2. The van der Waals surface area contributed by atoms with E-state index in [1.165, 1.54) is 6.20 Å². The van der Waals surface area contributed by atoms with Crippen molar-refractivity contribution in [2.45, 2.75) is 12.8 Å². The van der Waals surface area contributed by atoms with E-state index >= 15 is 0 Å². The van der Waals surface area contributed by atoms with E-state index in [9.17, 15) is 24.1 Å². The first-order valence-corrected chi connectivity index (χ1v) is 10.2. The number of nitrogens with zero attached hydrogens (tertiary/aromatic N) is 7. The van der Waals surface area contributed by atoms with Crippen LogP contribution in [0.5, 0.6) is 0 Å². The Labute approximate surface area is 196 Å². The molecule has 0 amide bonds. The molecule has 0 unspecified atom stereocenters. The highest BCUT2D eigenvalue weighted by molar-refractivity contribution is 5.83. The monoisotopic (exact) mass is 474 g/mol. The summed E-state index contributed by atoms with van der Waals surface area (Å²) in [6.45, 7) is 0.258. The number of halogens is 2.